The number of aliphatic hydroxyl groups excluding tert-OH is 1. The van der Waals surface area contributed by atoms with Gasteiger partial charge in [-0.2, -0.15) is 0 Å². The van der Waals surface area contributed by atoms with Gasteiger partial charge in [-0.05, 0) is 24.3 Å². The molecule has 0 spiro atoms. The second kappa shape index (κ2) is 3.43. The molecule has 2 N–H and O–H groups in total. The molecule has 1 aliphatic carbocycles. The summed E-state index contributed by atoms with van der Waals surface area (Å²) >= 11 is 1.61. The molecule has 2 heterocycles. The van der Waals surface area contributed by atoms with Crippen molar-refractivity contribution in [1.82, 2.24) is 9.97 Å². The molecule has 0 amide bonds. The number of rotatable bonds is 2. The van der Waals surface area contributed by atoms with Gasteiger partial charge in [0.2, 0.25) is 0 Å². The quantitative estimate of drug-likeness (QED) is 0.809. The van der Waals surface area contributed by atoms with Crippen LogP contribution in [-0.2, 0) is 0 Å². The Morgan fingerprint density at radius 1 is 1.40 bits per heavy atom. The van der Waals surface area contributed by atoms with Crippen LogP contribution in [0.4, 0.5) is 5.82 Å². The van der Waals surface area contributed by atoms with E-state index in [0.29, 0.717) is 6.04 Å². The van der Waals surface area contributed by atoms with Crippen LogP contribution in [0, 0.1) is 0 Å². The van der Waals surface area contributed by atoms with Gasteiger partial charge in [0.05, 0.1) is 11.5 Å². The van der Waals surface area contributed by atoms with Gasteiger partial charge in [0.25, 0.3) is 0 Å². The highest BCUT2D eigenvalue weighted by molar-refractivity contribution is 7.16. The standard InChI is InChI=1S/C10H11N3OS/c14-7-3-6(4-7)13-9-8-1-2-15-10(8)12-5-11-9/h1-2,5-7,14H,3-4H2,(H,11,12,13). The average Bonchev–Trinajstić information content (AvgIpc) is 2.64. The number of fused-ring (bicyclic) bond motifs is 1. The molecule has 1 fully saturated rings. The lowest BCUT2D eigenvalue weighted by Gasteiger charge is -2.32. The molecule has 2 aromatic rings. The molecule has 78 valence electrons. The maximum absolute atomic E-state index is 9.20. The monoisotopic (exact) mass is 221 g/mol. The first-order valence-corrected chi connectivity index (χ1v) is 5.83. The van der Waals surface area contributed by atoms with Gasteiger partial charge in [-0.1, -0.05) is 0 Å². The molecular weight excluding hydrogens is 210 g/mol. The highest BCUT2D eigenvalue weighted by Gasteiger charge is 2.27. The van der Waals surface area contributed by atoms with Gasteiger partial charge in [0.15, 0.2) is 0 Å². The molecule has 0 unspecified atom stereocenters. The summed E-state index contributed by atoms with van der Waals surface area (Å²) in [6.45, 7) is 0. The van der Waals surface area contributed by atoms with Crippen LogP contribution >= 0.6 is 11.3 Å². The van der Waals surface area contributed by atoms with E-state index in [4.69, 9.17) is 0 Å². The van der Waals surface area contributed by atoms with E-state index in [1.807, 2.05) is 11.4 Å². The van der Waals surface area contributed by atoms with Gasteiger partial charge in [-0.25, -0.2) is 9.97 Å². The summed E-state index contributed by atoms with van der Waals surface area (Å²) in [5, 5.41) is 15.6. The number of aromatic nitrogens is 2. The van der Waals surface area contributed by atoms with E-state index < -0.39 is 0 Å². The first kappa shape index (κ1) is 9.06. The highest BCUT2D eigenvalue weighted by atomic mass is 32.1. The van der Waals surface area contributed by atoms with Crippen LogP contribution in [0.1, 0.15) is 12.8 Å². The van der Waals surface area contributed by atoms with Crippen LogP contribution in [0.2, 0.25) is 0 Å². The molecular formula is C10H11N3OS. The number of anilines is 1. The van der Waals surface area contributed by atoms with Gasteiger partial charge in [0, 0.05) is 6.04 Å². The van der Waals surface area contributed by atoms with E-state index in [1.165, 1.54) is 0 Å². The van der Waals surface area contributed by atoms with Crippen molar-refractivity contribution >= 4 is 27.4 Å². The van der Waals surface area contributed by atoms with Crippen LogP contribution < -0.4 is 5.32 Å². The van der Waals surface area contributed by atoms with Crippen molar-refractivity contribution in [3.8, 4) is 0 Å². The van der Waals surface area contributed by atoms with Crippen molar-refractivity contribution in [1.29, 1.82) is 0 Å². The van der Waals surface area contributed by atoms with E-state index in [9.17, 15) is 5.11 Å². The molecule has 0 aromatic carbocycles. The Labute approximate surface area is 91.0 Å². The predicted molar refractivity (Wildman–Crippen MR) is 60.1 cm³/mol. The lowest BCUT2D eigenvalue weighted by Crippen LogP contribution is -2.39. The summed E-state index contributed by atoms with van der Waals surface area (Å²) in [4.78, 5) is 9.42. The first-order valence-electron chi connectivity index (χ1n) is 4.96. The fourth-order valence-electron chi connectivity index (χ4n) is 1.80. The molecule has 15 heavy (non-hydrogen) atoms. The van der Waals surface area contributed by atoms with Crippen molar-refractivity contribution < 1.29 is 5.11 Å². The molecule has 0 saturated heterocycles. The molecule has 5 heteroatoms. The van der Waals surface area contributed by atoms with Gasteiger partial charge < -0.3 is 10.4 Å². The Kier molecular flexibility index (Phi) is 2.07. The van der Waals surface area contributed by atoms with Crippen LogP contribution in [0.15, 0.2) is 17.8 Å². The summed E-state index contributed by atoms with van der Waals surface area (Å²) in [7, 11) is 0. The van der Waals surface area contributed by atoms with E-state index >= 15 is 0 Å². The van der Waals surface area contributed by atoms with Crippen LogP contribution in [0.25, 0.3) is 10.2 Å². The van der Waals surface area contributed by atoms with Gasteiger partial charge in [-0.15, -0.1) is 11.3 Å². The van der Waals surface area contributed by atoms with Crippen molar-refractivity contribution in [2.75, 3.05) is 5.32 Å². The third-order valence-corrected chi connectivity index (χ3v) is 3.54. The van der Waals surface area contributed by atoms with E-state index in [2.05, 4.69) is 15.3 Å². The van der Waals surface area contributed by atoms with E-state index in [0.717, 1.165) is 28.9 Å². The minimum atomic E-state index is -0.137. The van der Waals surface area contributed by atoms with Crippen molar-refractivity contribution in [3.05, 3.63) is 17.8 Å². The molecule has 3 rings (SSSR count). The average molecular weight is 221 g/mol. The Morgan fingerprint density at radius 2 is 2.27 bits per heavy atom. The van der Waals surface area contributed by atoms with Gasteiger partial charge >= 0.3 is 0 Å². The Hall–Kier alpha value is -1.20. The summed E-state index contributed by atoms with van der Waals surface area (Å²) in [6.07, 6.45) is 3.07. The second-order valence-corrected chi connectivity index (χ2v) is 4.72. The van der Waals surface area contributed by atoms with Gasteiger partial charge in [-0.3, -0.25) is 0 Å². The zero-order chi connectivity index (χ0) is 10.3. The second-order valence-electron chi connectivity index (χ2n) is 3.83. The van der Waals surface area contributed by atoms with Crippen LogP contribution in [0.5, 0.6) is 0 Å². The lowest BCUT2D eigenvalue weighted by molar-refractivity contribution is 0.0836. The van der Waals surface area contributed by atoms with E-state index in [1.54, 1.807) is 17.7 Å². The number of aliphatic hydroxyl groups is 1. The summed E-state index contributed by atoms with van der Waals surface area (Å²) in [5.74, 6) is 0.887. The Morgan fingerprint density at radius 3 is 3.07 bits per heavy atom. The van der Waals surface area contributed by atoms with Crippen molar-refractivity contribution in [3.63, 3.8) is 0 Å². The van der Waals surface area contributed by atoms with Crippen molar-refractivity contribution in [2.24, 2.45) is 0 Å². The third-order valence-electron chi connectivity index (χ3n) is 2.72. The number of nitrogens with one attached hydrogen (secondary N) is 1. The minimum Gasteiger partial charge on any atom is -0.393 e. The summed E-state index contributed by atoms with van der Waals surface area (Å²) < 4.78 is 0. The normalized spacial score (nSPS) is 25.1. The van der Waals surface area contributed by atoms with Crippen LogP contribution in [-0.4, -0.2) is 27.2 Å². The molecule has 0 aliphatic heterocycles. The zero-order valence-corrected chi connectivity index (χ0v) is 8.87. The fourth-order valence-corrected chi connectivity index (χ4v) is 2.54. The van der Waals surface area contributed by atoms with Crippen molar-refractivity contribution in [2.45, 2.75) is 25.0 Å². The predicted octanol–water partition coefficient (Wildman–Crippen LogP) is 1.63. The number of nitrogens with zero attached hydrogens (tertiary/aromatic N) is 2. The lowest BCUT2D eigenvalue weighted by atomic mass is 9.89. The zero-order valence-electron chi connectivity index (χ0n) is 8.05. The summed E-state index contributed by atoms with van der Waals surface area (Å²) in [6, 6.07) is 2.38. The van der Waals surface area contributed by atoms with E-state index in [-0.39, 0.29) is 6.10 Å². The largest absolute Gasteiger partial charge is 0.393 e. The first-order chi connectivity index (χ1) is 7.33. The molecule has 0 bridgehead atoms. The maximum atomic E-state index is 9.20. The SMILES string of the molecule is OC1CC(Nc2ncnc3sccc23)C1. The maximum Gasteiger partial charge on any atom is 0.138 e. The minimum absolute atomic E-state index is 0.137. The topological polar surface area (TPSA) is 58.0 Å². The molecule has 2 aromatic heterocycles. The smallest absolute Gasteiger partial charge is 0.138 e. The van der Waals surface area contributed by atoms with Gasteiger partial charge in [0.1, 0.15) is 17.0 Å². The number of hydrogen-bond acceptors (Lipinski definition) is 5. The molecule has 1 aliphatic rings. The molecule has 0 radical (unpaired) electrons. The third kappa shape index (κ3) is 1.57. The number of thiophene rings is 1. The Balaban J connectivity index is 1.87. The molecule has 4 nitrogen and oxygen atoms in total. The summed E-state index contributed by atoms with van der Waals surface area (Å²) in [5.41, 5.74) is 0. The molecule has 0 atom stereocenters. The molecule has 1 saturated carbocycles. The Bertz CT molecular complexity index is 478. The number of hydrogen-bond donors (Lipinski definition) is 2. The van der Waals surface area contributed by atoms with Crippen LogP contribution in [0.3, 0.4) is 0 Å². The fraction of sp³-hybridized carbons (Fsp3) is 0.400. The highest BCUT2D eigenvalue weighted by Crippen LogP contribution is 2.28.